The van der Waals surface area contributed by atoms with E-state index in [1.165, 1.54) is 31.2 Å². The maximum Gasteiger partial charge on any atom is 0.166 e. The number of fused-ring (bicyclic) bond motifs is 4. The van der Waals surface area contributed by atoms with Crippen LogP contribution in [0.2, 0.25) is 0 Å². The first-order valence-corrected chi connectivity index (χ1v) is 15.3. The fourth-order valence-corrected chi connectivity index (χ4v) is 8.63. The number of H-pyrrole nitrogens is 1. The number of benzene rings is 2. The van der Waals surface area contributed by atoms with Crippen LogP contribution < -0.4 is 10.5 Å². The van der Waals surface area contributed by atoms with Gasteiger partial charge in [0.15, 0.2) is 17.6 Å². The van der Waals surface area contributed by atoms with Crippen LogP contribution in [-0.2, 0) is 24.7 Å². The number of aromatic hydroxyl groups is 1. The number of aromatic amines is 1. The van der Waals surface area contributed by atoms with Gasteiger partial charge in [0.05, 0.1) is 22.5 Å². The lowest BCUT2D eigenvalue weighted by atomic mass is 9.49. The summed E-state index contributed by atoms with van der Waals surface area (Å²) in [5.41, 5.74) is 11.4. The van der Waals surface area contributed by atoms with Gasteiger partial charge in [-0.15, -0.1) is 0 Å². The van der Waals surface area contributed by atoms with E-state index < -0.39 is 11.0 Å². The van der Waals surface area contributed by atoms with Crippen LogP contribution in [-0.4, -0.2) is 57.2 Å². The van der Waals surface area contributed by atoms with E-state index in [0.717, 1.165) is 78.1 Å². The first-order chi connectivity index (χ1) is 19.4. The van der Waals surface area contributed by atoms with Gasteiger partial charge in [-0.3, -0.25) is 9.89 Å². The third-order valence-electron chi connectivity index (χ3n) is 10.7. The van der Waals surface area contributed by atoms with E-state index in [1.807, 2.05) is 0 Å². The van der Waals surface area contributed by atoms with Crippen molar-refractivity contribution in [1.82, 2.24) is 9.88 Å². The molecular formula is C33H40N4O3. The summed E-state index contributed by atoms with van der Waals surface area (Å²) >= 11 is 0. The minimum Gasteiger partial charge on any atom is -0.504 e. The number of piperidine rings is 1. The van der Waals surface area contributed by atoms with Crippen molar-refractivity contribution in [2.75, 3.05) is 19.6 Å². The molecule has 2 aromatic carbocycles. The minimum absolute atomic E-state index is 0.0307. The second kappa shape index (κ2) is 8.73. The molecule has 1 aromatic heterocycles. The zero-order chi connectivity index (χ0) is 27.2. The highest BCUT2D eigenvalue weighted by atomic mass is 16.5. The van der Waals surface area contributed by atoms with Crippen LogP contribution >= 0.6 is 0 Å². The molecule has 2 fully saturated rings. The van der Waals surface area contributed by atoms with E-state index >= 15 is 0 Å². The molecule has 0 radical (unpaired) electrons. The van der Waals surface area contributed by atoms with Gasteiger partial charge in [-0.1, -0.05) is 31.9 Å². The molecule has 5 aliphatic rings. The van der Waals surface area contributed by atoms with E-state index in [1.54, 1.807) is 6.07 Å². The van der Waals surface area contributed by atoms with Crippen molar-refractivity contribution >= 4 is 16.7 Å². The van der Waals surface area contributed by atoms with Crippen molar-refractivity contribution < 1.29 is 14.9 Å². The quantitative estimate of drug-likeness (QED) is 0.189. The Morgan fingerprint density at radius 3 is 2.92 bits per heavy atom. The monoisotopic (exact) mass is 540 g/mol. The van der Waals surface area contributed by atoms with Gasteiger partial charge in [0, 0.05) is 48.4 Å². The fourth-order valence-electron chi connectivity index (χ4n) is 8.63. The number of nitrogens with zero attached hydrogens (tertiary/aromatic N) is 2. The number of phenols is 1. The molecule has 7 heteroatoms. The first kappa shape index (κ1) is 24.7. The molecule has 40 heavy (non-hydrogen) atoms. The average Bonchev–Trinajstić information content (AvgIpc) is 3.58. The second-order valence-corrected chi connectivity index (χ2v) is 13.1. The summed E-state index contributed by atoms with van der Waals surface area (Å²) in [4.78, 5) is 10.9. The molecule has 0 amide bonds. The summed E-state index contributed by atoms with van der Waals surface area (Å²) in [7, 11) is 0. The molecule has 1 saturated heterocycles. The number of phenolic OH excluding ortho intramolecular Hbond substituents is 1. The Labute approximate surface area is 235 Å². The summed E-state index contributed by atoms with van der Waals surface area (Å²) in [6.07, 6.45) is 8.48. The van der Waals surface area contributed by atoms with E-state index in [2.05, 4.69) is 46.1 Å². The lowest BCUT2D eigenvalue weighted by molar-refractivity contribution is -0.173. The van der Waals surface area contributed by atoms with Crippen LogP contribution in [0, 0.1) is 5.92 Å². The maximum atomic E-state index is 13.0. The van der Waals surface area contributed by atoms with Crippen molar-refractivity contribution in [1.29, 1.82) is 0 Å². The molecule has 3 aromatic rings. The van der Waals surface area contributed by atoms with Gasteiger partial charge in [0.2, 0.25) is 0 Å². The molecular weight excluding hydrogens is 500 g/mol. The number of unbranched alkanes of at least 4 members (excludes halogenated alkanes) is 2. The largest absolute Gasteiger partial charge is 0.504 e. The summed E-state index contributed by atoms with van der Waals surface area (Å²) in [5, 5.41) is 25.1. The highest BCUT2D eigenvalue weighted by molar-refractivity contribution is 5.89. The summed E-state index contributed by atoms with van der Waals surface area (Å²) in [5.74, 6) is 2.19. The highest BCUT2D eigenvalue weighted by Crippen LogP contribution is 2.69. The Bertz CT molecular complexity index is 1540. The highest BCUT2D eigenvalue weighted by Gasteiger charge is 2.72. The molecule has 5 N–H and O–H groups in total. The van der Waals surface area contributed by atoms with Crippen LogP contribution in [0.25, 0.3) is 10.9 Å². The van der Waals surface area contributed by atoms with Gasteiger partial charge in [-0.05, 0) is 79.5 Å². The number of aliphatic imine (C=N–C) groups is 1. The molecule has 210 valence electrons. The molecule has 1 saturated carbocycles. The predicted molar refractivity (Wildman–Crippen MR) is 156 cm³/mol. The van der Waals surface area contributed by atoms with E-state index in [9.17, 15) is 10.2 Å². The summed E-state index contributed by atoms with van der Waals surface area (Å²) in [6, 6.07) is 10.4. The van der Waals surface area contributed by atoms with Gasteiger partial charge in [0.25, 0.3) is 0 Å². The third kappa shape index (κ3) is 3.34. The SMILES string of the molecule is CCCCCN=C(N)Cc1ccc2[nH]c3c(c2c1)C[C@@]1(O)C2Cc4ccc(O)c5c4[C@@]1(CCN2CC1CC1)[C@H]3O5. The van der Waals surface area contributed by atoms with E-state index in [4.69, 9.17) is 10.5 Å². The Morgan fingerprint density at radius 2 is 2.10 bits per heavy atom. The average molecular weight is 541 g/mol. The van der Waals surface area contributed by atoms with Crippen molar-refractivity contribution in [3.8, 4) is 11.5 Å². The lowest BCUT2D eigenvalue weighted by Gasteiger charge is -2.62. The standard InChI is InChI=1S/C33H40N4O3/c1-2-3-4-12-35-27(34)15-20-7-9-24-22(14-20)23-17-33(39)26-16-21-8-10-25(38)30-28(21)32(33,31(40-30)29(23)36-24)11-13-37(26)18-19-5-6-19/h7-10,14,19,26,31,36,38-39H,2-6,11-13,15-18H2,1H3,(H2,34,35)/t26?,31-,32-,33+/m0/s1. The van der Waals surface area contributed by atoms with Crippen LogP contribution in [0.3, 0.4) is 0 Å². The minimum atomic E-state index is -0.977. The Morgan fingerprint density at radius 1 is 1.23 bits per heavy atom. The number of aliphatic hydroxyl groups is 1. The first-order valence-electron chi connectivity index (χ1n) is 15.3. The zero-order valence-corrected chi connectivity index (χ0v) is 23.4. The van der Waals surface area contributed by atoms with Crippen molar-refractivity contribution in [2.24, 2.45) is 16.6 Å². The fraction of sp³-hybridized carbons (Fsp3) is 0.545. The molecule has 1 spiro atoms. The van der Waals surface area contributed by atoms with Crippen LogP contribution in [0.5, 0.6) is 11.5 Å². The molecule has 7 nitrogen and oxygen atoms in total. The van der Waals surface area contributed by atoms with E-state index in [0.29, 0.717) is 24.4 Å². The topological polar surface area (TPSA) is 107 Å². The zero-order valence-electron chi connectivity index (χ0n) is 23.4. The molecule has 1 unspecified atom stereocenters. The number of hydrogen-bond donors (Lipinski definition) is 4. The maximum absolute atomic E-state index is 13.0. The summed E-state index contributed by atoms with van der Waals surface area (Å²) in [6.45, 7) is 5.00. The van der Waals surface area contributed by atoms with Crippen molar-refractivity contribution in [3.63, 3.8) is 0 Å². The van der Waals surface area contributed by atoms with Crippen molar-refractivity contribution in [3.05, 3.63) is 58.3 Å². The molecule has 8 rings (SSSR count). The number of likely N-dealkylation sites (tertiary alicyclic amines) is 1. The van der Waals surface area contributed by atoms with Crippen molar-refractivity contribution in [2.45, 2.75) is 87.9 Å². The normalized spacial score (nSPS) is 30.3. The Hall–Kier alpha value is -3.03. The lowest BCUT2D eigenvalue weighted by Crippen LogP contribution is -2.74. The predicted octanol–water partition coefficient (Wildman–Crippen LogP) is 4.66. The number of nitrogens with two attached hydrogens (primary N) is 1. The molecule has 2 aliphatic heterocycles. The molecule has 2 bridgehead atoms. The van der Waals surface area contributed by atoms with E-state index in [-0.39, 0.29) is 17.9 Å². The van der Waals surface area contributed by atoms with Gasteiger partial charge in [0.1, 0.15) is 0 Å². The number of aromatic nitrogens is 1. The third-order valence-corrected chi connectivity index (χ3v) is 10.7. The second-order valence-electron chi connectivity index (χ2n) is 13.1. The number of nitrogens with one attached hydrogen (secondary N) is 1. The van der Waals surface area contributed by atoms with Crippen LogP contribution in [0.15, 0.2) is 35.3 Å². The smallest absolute Gasteiger partial charge is 0.166 e. The Kier molecular flexibility index (Phi) is 5.40. The number of rotatable bonds is 8. The number of hydrogen-bond acceptors (Lipinski definition) is 5. The Balaban J connectivity index is 1.23. The molecule has 3 heterocycles. The van der Waals surface area contributed by atoms with Crippen LogP contribution in [0.4, 0.5) is 0 Å². The van der Waals surface area contributed by atoms with Gasteiger partial charge in [-0.25, -0.2) is 0 Å². The van der Waals surface area contributed by atoms with Gasteiger partial charge >= 0.3 is 0 Å². The van der Waals surface area contributed by atoms with Gasteiger partial charge < -0.3 is 25.7 Å². The molecule has 3 aliphatic carbocycles. The number of amidine groups is 1. The van der Waals surface area contributed by atoms with Crippen LogP contribution in [0.1, 0.15) is 79.5 Å². The van der Waals surface area contributed by atoms with Gasteiger partial charge in [-0.2, -0.15) is 0 Å². The number of ether oxygens (including phenoxy) is 1. The summed E-state index contributed by atoms with van der Waals surface area (Å²) < 4.78 is 6.72. The molecule has 4 atom stereocenters.